The molecule has 74 heavy (non-hydrogen) atoms. The van der Waals surface area contributed by atoms with Crippen molar-refractivity contribution in [3.63, 3.8) is 0 Å². The van der Waals surface area contributed by atoms with E-state index in [9.17, 15) is 0 Å². The molecular formula is C68H48N6. The molecule has 3 aromatic heterocycles. The van der Waals surface area contributed by atoms with E-state index in [-0.39, 0.29) is 5.41 Å². The molecule has 3 heterocycles. The number of pyridine rings is 3. The van der Waals surface area contributed by atoms with E-state index < -0.39 is 0 Å². The van der Waals surface area contributed by atoms with Gasteiger partial charge in [0.1, 0.15) is 17.5 Å². The van der Waals surface area contributed by atoms with Gasteiger partial charge in [0.15, 0.2) is 0 Å². The molecule has 0 aliphatic heterocycles. The molecule has 14 rings (SSSR count). The summed E-state index contributed by atoms with van der Waals surface area (Å²) in [5.41, 5.74) is 10.8. The molecule has 0 amide bonds. The monoisotopic (exact) mass is 948 g/mol. The predicted octanol–water partition coefficient (Wildman–Crippen LogP) is 18.4. The second kappa shape index (κ2) is 17.3. The van der Waals surface area contributed by atoms with E-state index in [4.69, 9.17) is 15.0 Å². The van der Waals surface area contributed by atoms with Crippen LogP contribution in [0.2, 0.25) is 0 Å². The van der Waals surface area contributed by atoms with Gasteiger partial charge in [-0.3, -0.25) is 14.7 Å². The predicted molar refractivity (Wildman–Crippen MR) is 309 cm³/mol. The van der Waals surface area contributed by atoms with Crippen LogP contribution in [-0.4, -0.2) is 15.0 Å². The van der Waals surface area contributed by atoms with Gasteiger partial charge >= 0.3 is 0 Å². The van der Waals surface area contributed by atoms with Crippen LogP contribution >= 0.6 is 0 Å². The highest BCUT2D eigenvalue weighted by Gasteiger charge is 2.37. The molecule has 0 saturated carbocycles. The number of hydrogen-bond donors (Lipinski definition) is 0. The van der Waals surface area contributed by atoms with E-state index >= 15 is 0 Å². The van der Waals surface area contributed by atoms with Crippen LogP contribution in [0.1, 0.15) is 25.0 Å². The highest BCUT2D eigenvalue weighted by Crippen LogP contribution is 2.57. The lowest BCUT2D eigenvalue weighted by molar-refractivity contribution is 0.661. The SMILES string of the molecule is CC1(C)c2ccccc2-c2cc3c(N(c4ccc5ccccc5c4)c4ccccn4)c4cc(N(c5ccc6ccccc6c5)c5ccccn5)ccc4c(N(c4ccc5ccccc5c4)c4ccccn4)c3cc21. The number of rotatable bonds is 9. The van der Waals surface area contributed by atoms with Gasteiger partial charge in [-0.1, -0.05) is 153 Å². The van der Waals surface area contributed by atoms with E-state index in [2.05, 4.69) is 247 Å². The van der Waals surface area contributed by atoms with Crippen LogP contribution in [0.3, 0.4) is 0 Å². The molecule has 0 atom stereocenters. The Hall–Kier alpha value is -9.65. The van der Waals surface area contributed by atoms with Crippen molar-refractivity contribution in [1.29, 1.82) is 0 Å². The van der Waals surface area contributed by atoms with Crippen molar-refractivity contribution in [2.45, 2.75) is 19.3 Å². The average Bonchev–Trinajstić information content (AvgIpc) is 3.76. The molecular weight excluding hydrogens is 901 g/mol. The van der Waals surface area contributed by atoms with Crippen molar-refractivity contribution in [3.05, 3.63) is 266 Å². The standard InChI is InChI=1S/C68H48N6/c1-68(2)61-24-10-9-23-55(61)57-43-59-60(44-62(57)68)66(73(64-26-12-15-37-70-64)52-32-29-46-18-4-7-21-49(46)40-52)56-35-34-54(72(63-25-11-14-36-69-63)51-31-28-45-17-3-6-20-48(45)39-51)42-58(56)67(59)74(65-27-13-16-38-71-65)53-33-30-47-19-5-8-22-50(47)41-53/h3-44H,1-2H3. The lowest BCUT2D eigenvalue weighted by Gasteiger charge is -2.33. The van der Waals surface area contributed by atoms with Gasteiger partial charge in [-0.25, -0.2) is 15.0 Å². The van der Waals surface area contributed by atoms with Crippen LogP contribution < -0.4 is 14.7 Å². The molecule has 13 aromatic rings. The van der Waals surface area contributed by atoms with Crippen molar-refractivity contribution < 1.29 is 0 Å². The third-order valence-corrected chi connectivity index (χ3v) is 15.1. The molecule has 1 aliphatic carbocycles. The van der Waals surface area contributed by atoms with E-state index in [1.54, 1.807) is 0 Å². The molecule has 1 aliphatic rings. The summed E-state index contributed by atoms with van der Waals surface area (Å²) in [6, 6.07) is 85.3. The summed E-state index contributed by atoms with van der Waals surface area (Å²) in [7, 11) is 0. The molecule has 10 aromatic carbocycles. The smallest absolute Gasteiger partial charge is 0.137 e. The fourth-order valence-electron chi connectivity index (χ4n) is 11.6. The fraction of sp³-hybridized carbons (Fsp3) is 0.0441. The molecule has 0 bridgehead atoms. The Morgan fingerprint density at radius 3 is 1.19 bits per heavy atom. The minimum Gasteiger partial charge on any atom is -0.295 e. The average molecular weight is 949 g/mol. The molecule has 0 N–H and O–H groups in total. The minimum atomic E-state index is -0.281. The molecule has 6 heteroatoms. The molecule has 350 valence electrons. The van der Waals surface area contributed by atoms with Gasteiger partial charge in [-0.05, 0) is 152 Å². The summed E-state index contributed by atoms with van der Waals surface area (Å²) < 4.78 is 0. The second-order valence-electron chi connectivity index (χ2n) is 19.7. The van der Waals surface area contributed by atoms with Gasteiger partial charge in [0.2, 0.25) is 0 Å². The van der Waals surface area contributed by atoms with Crippen molar-refractivity contribution in [1.82, 2.24) is 15.0 Å². The summed E-state index contributed by atoms with van der Waals surface area (Å²) in [5, 5.41) is 11.2. The van der Waals surface area contributed by atoms with Gasteiger partial charge in [0.25, 0.3) is 0 Å². The molecule has 0 spiro atoms. The first-order chi connectivity index (χ1) is 36.5. The van der Waals surface area contributed by atoms with Crippen molar-refractivity contribution in [2.24, 2.45) is 0 Å². The zero-order chi connectivity index (χ0) is 49.3. The summed E-state index contributed by atoms with van der Waals surface area (Å²) in [6.45, 7) is 4.73. The summed E-state index contributed by atoms with van der Waals surface area (Å²) in [5.74, 6) is 2.42. The molecule has 0 saturated heterocycles. The zero-order valence-corrected chi connectivity index (χ0v) is 40.9. The van der Waals surface area contributed by atoms with E-state index in [0.717, 1.165) is 89.3 Å². The minimum absolute atomic E-state index is 0.281. The summed E-state index contributed by atoms with van der Waals surface area (Å²) >= 11 is 0. The normalized spacial score (nSPS) is 12.6. The van der Waals surface area contributed by atoms with Gasteiger partial charge in [-0.15, -0.1) is 0 Å². The number of aromatic nitrogens is 3. The number of hydrogen-bond acceptors (Lipinski definition) is 6. The zero-order valence-electron chi connectivity index (χ0n) is 40.9. The van der Waals surface area contributed by atoms with Gasteiger partial charge in [0, 0.05) is 68.3 Å². The first-order valence-electron chi connectivity index (χ1n) is 25.2. The van der Waals surface area contributed by atoms with Crippen molar-refractivity contribution >= 4 is 105 Å². The van der Waals surface area contributed by atoms with Gasteiger partial charge in [-0.2, -0.15) is 0 Å². The molecule has 0 unspecified atom stereocenters. The lowest BCUT2D eigenvalue weighted by Crippen LogP contribution is -2.18. The van der Waals surface area contributed by atoms with Crippen molar-refractivity contribution in [3.8, 4) is 11.1 Å². The number of nitrogens with zero attached hydrogens (tertiary/aromatic N) is 6. The van der Waals surface area contributed by atoms with Crippen LogP contribution in [0.4, 0.5) is 51.6 Å². The molecule has 6 nitrogen and oxygen atoms in total. The topological polar surface area (TPSA) is 48.4 Å². The van der Waals surface area contributed by atoms with Crippen molar-refractivity contribution in [2.75, 3.05) is 14.7 Å². The lowest BCUT2D eigenvalue weighted by atomic mass is 9.81. The third-order valence-electron chi connectivity index (χ3n) is 15.1. The fourth-order valence-corrected chi connectivity index (χ4v) is 11.6. The second-order valence-corrected chi connectivity index (χ2v) is 19.7. The Morgan fingerprint density at radius 1 is 0.284 bits per heavy atom. The largest absolute Gasteiger partial charge is 0.295 e. The van der Waals surface area contributed by atoms with Crippen LogP contribution in [0.5, 0.6) is 0 Å². The maximum atomic E-state index is 5.21. The van der Waals surface area contributed by atoms with Crippen LogP contribution in [0.15, 0.2) is 255 Å². The highest BCUT2D eigenvalue weighted by molar-refractivity contribution is 6.25. The van der Waals surface area contributed by atoms with Crippen LogP contribution in [0.25, 0.3) is 65.0 Å². The quantitative estimate of drug-likeness (QED) is 0.106. The Kier molecular flexibility index (Phi) is 10.1. The Morgan fingerprint density at radius 2 is 0.676 bits per heavy atom. The van der Waals surface area contributed by atoms with E-state index in [1.165, 1.54) is 38.4 Å². The van der Waals surface area contributed by atoms with E-state index in [0.29, 0.717) is 0 Å². The molecule has 0 fully saturated rings. The summed E-state index contributed by atoms with van der Waals surface area (Å²) in [6.07, 6.45) is 5.67. The van der Waals surface area contributed by atoms with Gasteiger partial charge < -0.3 is 0 Å². The van der Waals surface area contributed by atoms with Crippen LogP contribution in [0, 0.1) is 0 Å². The number of benzene rings is 10. The molecule has 0 radical (unpaired) electrons. The highest BCUT2D eigenvalue weighted by atomic mass is 15.2. The summed E-state index contributed by atoms with van der Waals surface area (Å²) in [4.78, 5) is 22.5. The maximum absolute atomic E-state index is 5.21. The third kappa shape index (κ3) is 7.06. The van der Waals surface area contributed by atoms with Gasteiger partial charge in [0.05, 0.1) is 11.4 Å². The van der Waals surface area contributed by atoms with Crippen LogP contribution in [-0.2, 0) is 5.41 Å². The first-order valence-corrected chi connectivity index (χ1v) is 25.2. The Bertz CT molecular complexity index is 4310. The Labute approximate surface area is 429 Å². The maximum Gasteiger partial charge on any atom is 0.137 e. The van der Waals surface area contributed by atoms with E-state index in [1.807, 2.05) is 36.8 Å². The number of anilines is 9. The Balaban J connectivity index is 1.17. The number of fused-ring (bicyclic) bond motifs is 8. The first kappa shape index (κ1) is 43.2.